The molecule has 0 aromatic carbocycles. The van der Waals surface area contributed by atoms with Crippen LogP contribution in [0, 0.1) is 0 Å². The summed E-state index contributed by atoms with van der Waals surface area (Å²) in [4.78, 5) is 61.9. The van der Waals surface area contributed by atoms with Gasteiger partial charge in [0.15, 0.2) is 12.3 Å². The number of nitrogens with two attached hydrogens (primary N) is 1. The van der Waals surface area contributed by atoms with Crippen LogP contribution in [0.15, 0.2) is 139 Å². The number of nitrogens with zero attached hydrogens (tertiary/aromatic N) is 2. The van der Waals surface area contributed by atoms with Gasteiger partial charge in [0.05, 0.1) is 19.3 Å². The Labute approximate surface area is 442 Å². The molecule has 0 radical (unpaired) electrons. The average molecular weight is 1090 g/mol. The summed E-state index contributed by atoms with van der Waals surface area (Å²) >= 11 is 0. The molecule has 1 saturated heterocycles. The van der Waals surface area contributed by atoms with Gasteiger partial charge in [0.1, 0.15) is 30.7 Å². The molecule has 2 heterocycles. The number of esters is 2. The number of carbonyl (C=O) groups is 2. The van der Waals surface area contributed by atoms with Crippen LogP contribution < -0.4 is 11.4 Å². The minimum atomic E-state index is -5.51. The van der Waals surface area contributed by atoms with Crippen LogP contribution in [0.4, 0.5) is 5.82 Å². The van der Waals surface area contributed by atoms with Gasteiger partial charge in [-0.3, -0.25) is 23.2 Å². The molecule has 3 unspecified atom stereocenters. The number of phosphoric ester groups is 2. The van der Waals surface area contributed by atoms with Gasteiger partial charge in [0.2, 0.25) is 0 Å². The fourth-order valence-corrected chi connectivity index (χ4v) is 8.76. The molecule has 1 aromatic heterocycles. The van der Waals surface area contributed by atoms with E-state index in [0.717, 1.165) is 62.1 Å². The monoisotopic (exact) mass is 1090 g/mol. The number of nitrogen functional groups attached to an aromatic ring is 1. The topological polar surface area (TPSA) is 286 Å². The van der Waals surface area contributed by atoms with Crippen molar-refractivity contribution < 1.29 is 71.4 Å². The van der Waals surface area contributed by atoms with Crippen LogP contribution in [-0.2, 0) is 46.3 Å². The van der Waals surface area contributed by atoms with Crippen LogP contribution in [0.5, 0.6) is 0 Å². The highest BCUT2D eigenvalue weighted by atomic mass is 31.3. The minimum absolute atomic E-state index is 0.00656. The van der Waals surface area contributed by atoms with E-state index in [1.54, 1.807) is 12.2 Å². The number of ether oxygens (including phenoxy) is 3. The Hall–Kier alpha value is -4.88. The predicted octanol–water partition coefficient (Wildman–Crippen LogP) is 9.74. The first-order chi connectivity index (χ1) is 36.1. The van der Waals surface area contributed by atoms with Crippen LogP contribution in [0.1, 0.15) is 129 Å². The lowest BCUT2D eigenvalue weighted by Crippen LogP contribution is -2.36. The summed E-state index contributed by atoms with van der Waals surface area (Å²) < 4.78 is 56.5. The molecule has 0 aliphatic carbocycles. The summed E-state index contributed by atoms with van der Waals surface area (Å²) in [5.41, 5.74) is 4.56. The van der Waals surface area contributed by atoms with E-state index in [2.05, 4.69) is 102 Å². The minimum Gasteiger partial charge on any atom is -0.462 e. The van der Waals surface area contributed by atoms with Gasteiger partial charge in [-0.2, -0.15) is 9.29 Å². The third kappa shape index (κ3) is 33.0. The highest BCUT2D eigenvalue weighted by Gasteiger charge is 2.46. The maximum Gasteiger partial charge on any atom is 0.481 e. The van der Waals surface area contributed by atoms with Crippen LogP contribution in [-0.4, -0.2) is 96.9 Å². The maximum atomic E-state index is 12.9. The van der Waals surface area contributed by atoms with Gasteiger partial charge in [-0.25, -0.2) is 13.9 Å². The van der Waals surface area contributed by atoms with Crippen LogP contribution in [0.25, 0.3) is 0 Å². The number of aliphatic hydroxyl groups is 3. The van der Waals surface area contributed by atoms with E-state index in [0.29, 0.717) is 19.3 Å². The van der Waals surface area contributed by atoms with Gasteiger partial charge in [-0.15, -0.1) is 0 Å². The Morgan fingerprint density at radius 1 is 0.720 bits per heavy atom. The molecule has 75 heavy (non-hydrogen) atoms. The van der Waals surface area contributed by atoms with E-state index in [4.69, 9.17) is 29.0 Å². The fraction of sp³-hybridized carbons (Fsp3) is 0.519. The molecule has 0 amide bonds. The lowest BCUT2D eigenvalue weighted by Gasteiger charge is -2.21. The van der Waals surface area contributed by atoms with Crippen molar-refractivity contribution in [3.05, 3.63) is 144 Å². The van der Waals surface area contributed by atoms with Gasteiger partial charge in [-0.05, 0) is 89.5 Å². The summed E-state index contributed by atoms with van der Waals surface area (Å²) in [6.45, 7) is 1.71. The van der Waals surface area contributed by atoms with E-state index in [-0.39, 0.29) is 25.1 Å². The van der Waals surface area contributed by atoms with E-state index in [1.807, 2.05) is 24.3 Å². The molecule has 8 atom stereocenters. The summed E-state index contributed by atoms with van der Waals surface area (Å²) in [5.74, 6) is -1.68. The fourth-order valence-electron chi connectivity index (χ4n) is 6.65. The molecule has 0 spiro atoms. The summed E-state index contributed by atoms with van der Waals surface area (Å²) in [7, 11) is -11.0. The quantitative estimate of drug-likeness (QED) is 0.0117. The SMILES string of the molecule is CC/C=C\C/C=C\C/C=C\C/C=C\C/C=C\C=C/C(O)CCC(=O)O[C@H](COC(=O)CCC/C=C\C/C=C\C/C=C\C/C=C\CCCCC)COP(=O)(O)OP(=O)(O)OC[C@H]1O[C@@H](n2ccc(N)nc2=O)[C@H](O)[C@@H]1O. The van der Waals surface area contributed by atoms with Gasteiger partial charge in [0.25, 0.3) is 0 Å². The van der Waals surface area contributed by atoms with Gasteiger partial charge in [-0.1, -0.05) is 148 Å². The number of unbranched alkanes of at least 4 members (excludes halogenated alkanes) is 4. The lowest BCUT2D eigenvalue weighted by atomic mass is 10.1. The summed E-state index contributed by atoms with van der Waals surface area (Å²) in [5, 5.41) is 31.4. The Morgan fingerprint density at radius 2 is 1.27 bits per heavy atom. The summed E-state index contributed by atoms with van der Waals surface area (Å²) in [6, 6.07) is 1.23. The number of aromatic nitrogens is 2. The second-order valence-electron chi connectivity index (χ2n) is 17.1. The Balaban J connectivity index is 1.90. The molecule has 19 nitrogen and oxygen atoms in total. The highest BCUT2D eigenvalue weighted by Crippen LogP contribution is 2.60. The second kappa shape index (κ2) is 40.4. The third-order valence-corrected chi connectivity index (χ3v) is 13.2. The molecule has 1 aliphatic rings. The number of hydrogen-bond acceptors (Lipinski definition) is 16. The van der Waals surface area contributed by atoms with Crippen LogP contribution in [0.3, 0.4) is 0 Å². The third-order valence-electron chi connectivity index (χ3n) is 10.6. The zero-order valence-corrected chi connectivity index (χ0v) is 45.2. The van der Waals surface area contributed by atoms with Gasteiger partial charge >= 0.3 is 33.3 Å². The molecule has 0 saturated carbocycles. The lowest BCUT2D eigenvalue weighted by molar-refractivity contribution is -0.161. The molecule has 0 bridgehead atoms. The molecular formula is C54H81N3O16P2. The van der Waals surface area contributed by atoms with E-state index in [1.165, 1.54) is 31.4 Å². The number of rotatable bonds is 40. The molecule has 1 aliphatic heterocycles. The number of hydrogen-bond donors (Lipinski definition) is 6. The standard InChI is InChI=1S/C54H81N3O16P2/c1-3-5-7-9-11-13-15-17-19-21-23-25-27-29-31-33-35-37-49(59)68-42-46(71-50(60)39-38-45(58)36-34-32-30-28-26-24-22-20-18-16-14-12-10-8-6-4-2)43-69-74(64,65)73-75(66,67)70-44-47-51(61)52(62)53(72-47)57-41-40-48(55)56-54(57)63/h6,8,11-14,17-20,23-26,29-32,34,36,40-41,45-47,51-53,58,61-62H,3-5,7,9-10,15-16,21-22,27-28,33,35,37-39,42-44H2,1-2H3,(H,64,65)(H,66,67)(H2,55,56,63)/b8-6-,13-11-,14-12-,19-17-,20-18-,25-23-,26-24-,31-29-,32-30-,36-34-/t45?,46-,47-,51-,52-,53-/m1/s1. The van der Waals surface area contributed by atoms with Crippen molar-refractivity contribution in [2.45, 2.75) is 160 Å². The van der Waals surface area contributed by atoms with Crippen LogP contribution >= 0.6 is 15.6 Å². The Kier molecular flexibility index (Phi) is 35.7. The van der Waals surface area contributed by atoms with Crippen molar-refractivity contribution >= 4 is 33.4 Å². The van der Waals surface area contributed by atoms with E-state index >= 15 is 0 Å². The molecule has 418 valence electrons. The smallest absolute Gasteiger partial charge is 0.462 e. The number of aliphatic hydroxyl groups excluding tert-OH is 3. The normalized spacial score (nSPS) is 20.2. The van der Waals surface area contributed by atoms with E-state index < -0.39 is 89.8 Å². The molecular weight excluding hydrogens is 1010 g/mol. The van der Waals surface area contributed by atoms with Crippen LogP contribution in [0.2, 0.25) is 0 Å². The Bertz CT molecular complexity index is 2250. The van der Waals surface area contributed by atoms with Crippen molar-refractivity contribution in [2.75, 3.05) is 25.6 Å². The first-order valence-corrected chi connectivity index (χ1v) is 28.6. The summed E-state index contributed by atoms with van der Waals surface area (Å²) in [6.07, 6.45) is 44.7. The van der Waals surface area contributed by atoms with Crippen molar-refractivity contribution in [1.29, 1.82) is 0 Å². The zero-order valence-electron chi connectivity index (χ0n) is 43.4. The number of phosphoric acid groups is 2. The largest absolute Gasteiger partial charge is 0.481 e. The van der Waals surface area contributed by atoms with Crippen molar-refractivity contribution in [1.82, 2.24) is 9.55 Å². The first kappa shape index (κ1) is 66.2. The van der Waals surface area contributed by atoms with Crippen molar-refractivity contribution in [2.24, 2.45) is 0 Å². The molecule has 2 rings (SSSR count). The highest BCUT2D eigenvalue weighted by molar-refractivity contribution is 7.61. The zero-order chi connectivity index (χ0) is 55.0. The molecule has 21 heteroatoms. The number of anilines is 1. The van der Waals surface area contributed by atoms with Gasteiger partial charge < -0.3 is 45.1 Å². The molecule has 1 fully saturated rings. The predicted molar refractivity (Wildman–Crippen MR) is 290 cm³/mol. The molecule has 1 aromatic rings. The first-order valence-electron chi connectivity index (χ1n) is 25.7. The maximum absolute atomic E-state index is 12.9. The van der Waals surface area contributed by atoms with E-state index in [9.17, 15) is 48.6 Å². The Morgan fingerprint density at radius 3 is 1.84 bits per heavy atom. The number of carbonyl (C=O) groups excluding carboxylic acids is 2. The van der Waals surface area contributed by atoms with Crippen molar-refractivity contribution in [3.63, 3.8) is 0 Å². The second-order valence-corrected chi connectivity index (χ2v) is 20.2. The number of allylic oxidation sites excluding steroid dienone is 19. The van der Waals surface area contributed by atoms with Crippen molar-refractivity contribution in [3.8, 4) is 0 Å². The van der Waals surface area contributed by atoms with Gasteiger partial charge in [0, 0.05) is 19.0 Å². The average Bonchev–Trinajstić information content (AvgIpc) is 3.65. The molecule has 7 N–H and O–H groups in total.